The van der Waals surface area contributed by atoms with Gasteiger partial charge in [-0.05, 0) is 6.92 Å². The van der Waals surface area contributed by atoms with Gasteiger partial charge in [-0.1, -0.05) is 0 Å². The molecule has 0 spiro atoms. The topological polar surface area (TPSA) is 39.6 Å². The lowest BCUT2D eigenvalue weighted by atomic mass is 10.1. The molecule has 0 saturated carbocycles. The summed E-state index contributed by atoms with van der Waals surface area (Å²) in [4.78, 5) is 10.5. The van der Waals surface area contributed by atoms with Crippen molar-refractivity contribution in [1.29, 1.82) is 0 Å². The average Bonchev–Trinajstić information content (AvgIpc) is 2.80. The van der Waals surface area contributed by atoms with Crippen molar-refractivity contribution in [2.75, 3.05) is 32.7 Å². The predicted octanol–water partition coefficient (Wildman–Crippen LogP) is 0.869. The maximum atomic E-state index is 9.51. The smallest absolute Gasteiger partial charge is 0.111 e. The molecule has 3 aliphatic rings. The highest BCUT2D eigenvalue weighted by Crippen LogP contribution is 2.32. The van der Waals surface area contributed by atoms with Crippen molar-refractivity contribution < 1.29 is 5.11 Å². The molecule has 2 bridgehead atoms. The van der Waals surface area contributed by atoms with Gasteiger partial charge in [0, 0.05) is 38.9 Å². The molecule has 5 heteroatoms. The molecule has 88 valence electrons. The van der Waals surface area contributed by atoms with Gasteiger partial charge in [-0.3, -0.25) is 9.80 Å². The molecule has 1 N–H and O–H groups in total. The maximum absolute atomic E-state index is 9.51. The van der Waals surface area contributed by atoms with E-state index < -0.39 is 0 Å². The predicted molar refractivity (Wildman–Crippen MR) is 63.5 cm³/mol. The third kappa shape index (κ3) is 1.78. The van der Waals surface area contributed by atoms with Crippen molar-refractivity contribution in [3.63, 3.8) is 0 Å². The molecule has 16 heavy (non-hydrogen) atoms. The Morgan fingerprint density at radius 2 is 2.19 bits per heavy atom. The van der Waals surface area contributed by atoms with E-state index in [0.717, 1.165) is 24.5 Å². The van der Waals surface area contributed by atoms with Gasteiger partial charge in [-0.15, -0.1) is 11.3 Å². The number of aliphatic hydroxyl groups is 1. The minimum atomic E-state index is -0.387. The summed E-state index contributed by atoms with van der Waals surface area (Å²) in [5, 5.41) is 10.7. The summed E-state index contributed by atoms with van der Waals surface area (Å²) >= 11 is 1.66. The molecule has 2 atom stereocenters. The Labute approximate surface area is 99.5 Å². The molecular formula is C11H17N3OS. The fraction of sp³-hybridized carbons (Fsp3) is 0.727. The Morgan fingerprint density at radius 3 is 2.69 bits per heavy atom. The molecule has 0 aromatic carbocycles. The van der Waals surface area contributed by atoms with Crippen LogP contribution in [0.5, 0.6) is 0 Å². The minimum absolute atomic E-state index is 0.387. The van der Waals surface area contributed by atoms with Crippen molar-refractivity contribution in [2.24, 2.45) is 0 Å². The lowest BCUT2D eigenvalue weighted by molar-refractivity contribution is 0.0122. The lowest BCUT2D eigenvalue weighted by Crippen LogP contribution is -2.56. The van der Waals surface area contributed by atoms with Crippen LogP contribution in [0.1, 0.15) is 29.0 Å². The Morgan fingerprint density at radius 1 is 1.44 bits per heavy atom. The highest BCUT2D eigenvalue weighted by Gasteiger charge is 2.34. The van der Waals surface area contributed by atoms with Crippen molar-refractivity contribution in [2.45, 2.75) is 19.1 Å². The van der Waals surface area contributed by atoms with Gasteiger partial charge in [-0.2, -0.15) is 0 Å². The van der Waals surface area contributed by atoms with Gasteiger partial charge >= 0.3 is 0 Å². The van der Waals surface area contributed by atoms with Crippen LogP contribution in [0, 0.1) is 0 Å². The van der Waals surface area contributed by atoms with Crippen LogP contribution in [0.2, 0.25) is 0 Å². The van der Waals surface area contributed by atoms with Crippen LogP contribution < -0.4 is 0 Å². The molecule has 4 nitrogen and oxygen atoms in total. The van der Waals surface area contributed by atoms with Gasteiger partial charge < -0.3 is 5.11 Å². The number of aromatic nitrogens is 1. The van der Waals surface area contributed by atoms with E-state index in [4.69, 9.17) is 0 Å². The summed E-state index contributed by atoms with van der Waals surface area (Å²) in [5.74, 6) is 0. The van der Waals surface area contributed by atoms with E-state index in [-0.39, 0.29) is 6.10 Å². The number of thiazole rings is 1. The summed E-state index contributed by atoms with van der Waals surface area (Å²) in [6, 6.07) is 0.458. The largest absolute Gasteiger partial charge is 0.388 e. The molecule has 0 aliphatic carbocycles. The Kier molecular flexibility index (Phi) is 2.71. The quantitative estimate of drug-likeness (QED) is 0.831. The van der Waals surface area contributed by atoms with Crippen LogP contribution in [0.15, 0.2) is 6.20 Å². The summed E-state index contributed by atoms with van der Waals surface area (Å²) in [5.41, 5.74) is 0. The molecule has 2 unspecified atom stereocenters. The fourth-order valence-electron chi connectivity index (χ4n) is 2.50. The number of rotatable bonds is 2. The highest BCUT2D eigenvalue weighted by molar-refractivity contribution is 7.11. The van der Waals surface area contributed by atoms with Crippen molar-refractivity contribution in [3.05, 3.63) is 16.1 Å². The van der Waals surface area contributed by atoms with Crippen LogP contribution in [-0.2, 0) is 0 Å². The Bertz CT molecular complexity index is 371. The second-order valence-corrected chi connectivity index (χ2v) is 5.72. The molecule has 4 heterocycles. The Balaban J connectivity index is 1.81. The van der Waals surface area contributed by atoms with Crippen LogP contribution >= 0.6 is 11.3 Å². The zero-order chi connectivity index (χ0) is 11.1. The van der Waals surface area contributed by atoms with Gasteiger partial charge in [-0.25, -0.2) is 4.98 Å². The number of hydrogen-bond donors (Lipinski definition) is 1. The lowest BCUT2D eigenvalue weighted by Gasteiger charge is -2.46. The SMILES string of the molecule is CC(O)c1cnc(C2CN3CCN2CC3)s1. The fourth-order valence-corrected chi connectivity index (χ4v) is 3.48. The number of nitrogens with zero attached hydrogens (tertiary/aromatic N) is 3. The van der Waals surface area contributed by atoms with Crippen molar-refractivity contribution >= 4 is 11.3 Å². The highest BCUT2D eigenvalue weighted by atomic mass is 32.1. The second-order valence-electron chi connectivity index (χ2n) is 4.63. The standard InChI is InChI=1S/C11H17N3OS/c1-8(15)10-6-12-11(16-10)9-7-13-2-4-14(9)5-3-13/h6,8-9,15H,2-5,7H2,1H3. The van der Waals surface area contributed by atoms with Gasteiger partial charge in [0.05, 0.1) is 17.0 Å². The second kappa shape index (κ2) is 4.07. The molecule has 3 fully saturated rings. The molecule has 1 aromatic heterocycles. The van der Waals surface area contributed by atoms with Crippen LogP contribution in [0.25, 0.3) is 0 Å². The minimum Gasteiger partial charge on any atom is -0.388 e. The van der Waals surface area contributed by atoms with Gasteiger partial charge in [0.1, 0.15) is 5.01 Å². The van der Waals surface area contributed by atoms with E-state index in [1.165, 1.54) is 18.1 Å². The molecule has 3 saturated heterocycles. The third-order valence-electron chi connectivity index (χ3n) is 3.52. The van der Waals surface area contributed by atoms with Crippen molar-refractivity contribution in [3.8, 4) is 0 Å². The summed E-state index contributed by atoms with van der Waals surface area (Å²) < 4.78 is 0. The molecule has 3 aliphatic heterocycles. The number of aliphatic hydroxyl groups excluding tert-OH is 1. The maximum Gasteiger partial charge on any atom is 0.111 e. The van der Waals surface area contributed by atoms with E-state index in [0.29, 0.717) is 6.04 Å². The summed E-state index contributed by atoms with van der Waals surface area (Å²) in [6.07, 6.45) is 1.44. The monoisotopic (exact) mass is 239 g/mol. The molecular weight excluding hydrogens is 222 g/mol. The number of fused-ring (bicyclic) bond motifs is 3. The number of hydrogen-bond acceptors (Lipinski definition) is 5. The normalized spacial score (nSPS) is 35.2. The first-order valence-corrected chi connectivity index (χ1v) is 6.66. The Hall–Kier alpha value is -0.490. The van der Waals surface area contributed by atoms with Crippen molar-refractivity contribution in [1.82, 2.24) is 14.8 Å². The zero-order valence-electron chi connectivity index (χ0n) is 9.46. The first-order chi connectivity index (χ1) is 7.74. The van der Waals surface area contributed by atoms with Gasteiger partial charge in [0.15, 0.2) is 0 Å². The molecule has 0 amide bonds. The summed E-state index contributed by atoms with van der Waals surface area (Å²) in [6.45, 7) is 7.62. The third-order valence-corrected chi connectivity index (χ3v) is 4.79. The molecule has 4 rings (SSSR count). The molecule has 1 aromatic rings. The van der Waals surface area contributed by atoms with Crippen LogP contribution in [0.4, 0.5) is 0 Å². The first kappa shape index (κ1) is 10.7. The van der Waals surface area contributed by atoms with Crippen LogP contribution in [-0.4, -0.2) is 52.6 Å². The van der Waals surface area contributed by atoms with E-state index in [9.17, 15) is 5.11 Å². The number of piperazine rings is 3. The van der Waals surface area contributed by atoms with Gasteiger partial charge in [0.25, 0.3) is 0 Å². The van der Waals surface area contributed by atoms with E-state index in [1.807, 2.05) is 6.20 Å². The van der Waals surface area contributed by atoms with E-state index in [1.54, 1.807) is 18.3 Å². The summed E-state index contributed by atoms with van der Waals surface area (Å²) in [7, 11) is 0. The van der Waals surface area contributed by atoms with Gasteiger partial charge in [0.2, 0.25) is 0 Å². The van der Waals surface area contributed by atoms with E-state index >= 15 is 0 Å². The molecule has 0 radical (unpaired) electrons. The van der Waals surface area contributed by atoms with E-state index in [2.05, 4.69) is 14.8 Å². The van der Waals surface area contributed by atoms with Crippen LogP contribution in [0.3, 0.4) is 0 Å². The zero-order valence-corrected chi connectivity index (χ0v) is 10.3. The average molecular weight is 239 g/mol. The first-order valence-electron chi connectivity index (χ1n) is 5.84.